The van der Waals surface area contributed by atoms with Crippen LogP contribution in [0.2, 0.25) is 0 Å². The number of H-pyrrole nitrogens is 1. The molecule has 0 fully saturated rings. The van der Waals surface area contributed by atoms with Gasteiger partial charge in [-0.05, 0) is 24.0 Å². The van der Waals surface area contributed by atoms with Crippen LogP contribution in [0.5, 0.6) is 0 Å². The predicted molar refractivity (Wildman–Crippen MR) is 99.4 cm³/mol. The highest BCUT2D eigenvalue weighted by Gasteiger charge is 2.25. The Balaban J connectivity index is 2.18. The molecule has 0 amide bonds. The minimum Gasteiger partial charge on any atom is -0.481 e. The van der Waals surface area contributed by atoms with E-state index in [0.29, 0.717) is 0 Å². The highest BCUT2D eigenvalue weighted by atomic mass is 32.2. The lowest BCUT2D eigenvalue weighted by atomic mass is 10.0. The van der Waals surface area contributed by atoms with Gasteiger partial charge in [0.05, 0.1) is 25.1 Å². The number of aromatic nitrogens is 3. The van der Waals surface area contributed by atoms with Crippen molar-refractivity contribution in [2.75, 3.05) is 13.4 Å². The Bertz CT molecular complexity index is 1010. The van der Waals surface area contributed by atoms with Crippen molar-refractivity contribution in [3.63, 3.8) is 0 Å². The minimum absolute atomic E-state index is 0.0875. The number of fused-ring (bicyclic) bond motifs is 1. The van der Waals surface area contributed by atoms with E-state index in [1.807, 2.05) is 30.5 Å². The normalized spacial score (nSPS) is 12.1. The van der Waals surface area contributed by atoms with E-state index < -0.39 is 23.5 Å². The molecule has 1 aromatic carbocycles. The van der Waals surface area contributed by atoms with Gasteiger partial charge in [-0.3, -0.25) is 9.59 Å². The number of carbonyl (C=O) groups excluding carboxylic acids is 1. The minimum atomic E-state index is -1.00. The molecule has 0 bridgehead atoms. The van der Waals surface area contributed by atoms with Crippen LogP contribution in [0.3, 0.4) is 0 Å². The first-order valence-electron chi connectivity index (χ1n) is 7.98. The molecule has 2 aliphatic rings. The second kappa shape index (κ2) is 7.67. The highest BCUT2D eigenvalue weighted by molar-refractivity contribution is 7.98. The third kappa shape index (κ3) is 3.72. The van der Waals surface area contributed by atoms with Crippen molar-refractivity contribution >= 4 is 23.7 Å². The summed E-state index contributed by atoms with van der Waals surface area (Å²) in [4.78, 5) is 36.7. The molecule has 0 radical (unpaired) electrons. The Morgan fingerprint density at radius 1 is 1.30 bits per heavy atom. The van der Waals surface area contributed by atoms with Crippen molar-refractivity contribution in [3.05, 3.63) is 58.1 Å². The van der Waals surface area contributed by atoms with E-state index in [2.05, 4.69) is 10.2 Å². The molecule has 140 valence electrons. The first-order chi connectivity index (χ1) is 12.9. The van der Waals surface area contributed by atoms with Gasteiger partial charge in [0.25, 0.3) is 5.56 Å². The summed E-state index contributed by atoms with van der Waals surface area (Å²) in [6.07, 6.45) is 4.69. The number of hydrogen-bond acceptors (Lipinski definition) is 6. The van der Waals surface area contributed by atoms with Crippen LogP contribution in [0, 0.1) is 0 Å². The van der Waals surface area contributed by atoms with Gasteiger partial charge in [0.2, 0.25) is 0 Å². The number of carbonyl (C=O) groups is 2. The zero-order valence-corrected chi connectivity index (χ0v) is 15.4. The Labute approximate surface area is 158 Å². The standard InChI is InChI=1S/C18H17N3O5S/c1-26-18(25)13-9-21(8-12-16(13)19-20-17(12)24)14(7-15(22)23)10-3-5-11(27-2)6-4-10/h3-6,8-9,14H,7H2,1-2H3,(H,20,24)(H,22,23)/t14-/m1/s1. The fourth-order valence-electron chi connectivity index (χ4n) is 2.88. The summed E-state index contributed by atoms with van der Waals surface area (Å²) >= 11 is 1.58. The molecule has 8 nitrogen and oxygen atoms in total. The molecular formula is C18H17N3O5S. The van der Waals surface area contributed by atoms with Crippen LogP contribution in [0.15, 0.2) is 46.3 Å². The molecule has 2 aliphatic heterocycles. The maximum atomic E-state index is 12.1. The van der Waals surface area contributed by atoms with Crippen LogP contribution in [0.1, 0.15) is 28.4 Å². The van der Waals surface area contributed by atoms with Gasteiger partial charge in [-0.15, -0.1) is 11.8 Å². The van der Waals surface area contributed by atoms with Crippen LogP contribution in [-0.4, -0.2) is 45.2 Å². The summed E-state index contributed by atoms with van der Waals surface area (Å²) in [5.41, 5.74) is 0.746. The number of pyridine rings is 1. The number of nitrogens with one attached hydrogen (secondary N) is 1. The van der Waals surface area contributed by atoms with E-state index in [-0.39, 0.29) is 23.2 Å². The molecule has 0 aromatic heterocycles. The summed E-state index contributed by atoms with van der Waals surface area (Å²) < 4.78 is 6.33. The van der Waals surface area contributed by atoms with E-state index in [0.717, 1.165) is 10.5 Å². The highest BCUT2D eigenvalue weighted by Crippen LogP contribution is 2.29. The summed E-state index contributed by atoms with van der Waals surface area (Å²) in [6, 6.07) is 6.85. The number of benzene rings is 1. The molecule has 9 heteroatoms. The van der Waals surface area contributed by atoms with E-state index in [9.17, 15) is 19.5 Å². The van der Waals surface area contributed by atoms with Gasteiger partial charge in [0.1, 0.15) is 11.3 Å². The van der Waals surface area contributed by atoms with E-state index in [4.69, 9.17) is 4.74 Å². The van der Waals surface area contributed by atoms with Gasteiger partial charge in [0.15, 0.2) is 0 Å². The molecular weight excluding hydrogens is 370 g/mol. The summed E-state index contributed by atoms with van der Waals surface area (Å²) in [5, 5.41) is 15.6. The topological polar surface area (TPSA) is 114 Å². The maximum Gasteiger partial charge on any atom is 0.341 e. The smallest absolute Gasteiger partial charge is 0.341 e. The number of esters is 1. The fourth-order valence-corrected chi connectivity index (χ4v) is 3.29. The zero-order chi connectivity index (χ0) is 19.6. The molecule has 27 heavy (non-hydrogen) atoms. The first-order valence-corrected chi connectivity index (χ1v) is 9.21. The second-order valence-electron chi connectivity index (χ2n) is 5.81. The predicted octanol–water partition coefficient (Wildman–Crippen LogP) is 2.25. The van der Waals surface area contributed by atoms with Gasteiger partial charge < -0.3 is 14.4 Å². The van der Waals surface area contributed by atoms with Crippen LogP contribution in [0.25, 0.3) is 11.3 Å². The number of hydrogen-bond donors (Lipinski definition) is 2. The van der Waals surface area contributed by atoms with Crippen molar-refractivity contribution in [1.29, 1.82) is 0 Å². The number of rotatable bonds is 6. The monoisotopic (exact) mass is 387 g/mol. The molecule has 0 saturated carbocycles. The quantitative estimate of drug-likeness (QED) is 0.492. The lowest BCUT2D eigenvalue weighted by molar-refractivity contribution is -0.137. The second-order valence-corrected chi connectivity index (χ2v) is 6.69. The number of aliphatic carboxylic acids is 1. The largest absolute Gasteiger partial charge is 0.481 e. The SMILES string of the molecule is COC(=O)c1cn([C@H](CC(=O)O)c2ccc(SC)cc2)cc2c(=O)[nH]nc1-2. The number of carboxylic acid groups (broad SMARTS) is 1. The van der Waals surface area contributed by atoms with E-state index >= 15 is 0 Å². The Kier molecular flexibility index (Phi) is 5.31. The third-order valence-electron chi connectivity index (χ3n) is 4.21. The molecule has 0 aliphatic carbocycles. The Morgan fingerprint density at radius 3 is 2.59 bits per heavy atom. The van der Waals surface area contributed by atoms with Crippen LogP contribution < -0.4 is 5.56 Å². The maximum absolute atomic E-state index is 12.1. The number of ether oxygens (including phenoxy) is 1. The first kappa shape index (κ1) is 18.7. The Morgan fingerprint density at radius 2 is 2.00 bits per heavy atom. The number of nitrogens with zero attached hydrogens (tertiary/aromatic N) is 2. The van der Waals surface area contributed by atoms with Crippen molar-refractivity contribution in [2.45, 2.75) is 17.4 Å². The number of thioether (sulfide) groups is 1. The van der Waals surface area contributed by atoms with Gasteiger partial charge in [-0.25, -0.2) is 9.89 Å². The van der Waals surface area contributed by atoms with Crippen LogP contribution in [-0.2, 0) is 9.53 Å². The lowest BCUT2D eigenvalue weighted by Crippen LogP contribution is -2.19. The Hall–Kier alpha value is -3.07. The molecule has 0 unspecified atom stereocenters. The molecule has 1 atom stereocenters. The van der Waals surface area contributed by atoms with Gasteiger partial charge in [0, 0.05) is 17.3 Å². The number of carboxylic acids is 1. The lowest BCUT2D eigenvalue weighted by Gasteiger charge is -2.21. The van der Waals surface area contributed by atoms with Gasteiger partial charge >= 0.3 is 11.9 Å². The molecule has 0 spiro atoms. The van der Waals surface area contributed by atoms with E-state index in [1.165, 1.54) is 19.5 Å². The zero-order valence-electron chi connectivity index (χ0n) is 14.6. The van der Waals surface area contributed by atoms with Crippen LogP contribution in [0.4, 0.5) is 0 Å². The molecule has 1 aromatic rings. The van der Waals surface area contributed by atoms with Crippen LogP contribution >= 0.6 is 11.8 Å². The van der Waals surface area contributed by atoms with Crippen molar-refractivity contribution in [3.8, 4) is 11.3 Å². The van der Waals surface area contributed by atoms with Gasteiger partial charge in [-0.2, -0.15) is 5.10 Å². The van der Waals surface area contributed by atoms with Crippen molar-refractivity contribution < 1.29 is 19.4 Å². The average molecular weight is 387 g/mol. The summed E-state index contributed by atoms with van der Waals surface area (Å²) in [5.74, 6) is -1.66. The molecule has 2 N–H and O–H groups in total. The summed E-state index contributed by atoms with van der Waals surface area (Å²) in [6.45, 7) is 0. The van der Waals surface area contributed by atoms with Crippen molar-refractivity contribution in [1.82, 2.24) is 14.8 Å². The number of methoxy groups -OCH3 is 1. The molecule has 2 heterocycles. The molecule has 3 rings (SSSR count). The van der Waals surface area contributed by atoms with Gasteiger partial charge in [-0.1, -0.05) is 12.1 Å². The van der Waals surface area contributed by atoms with E-state index in [1.54, 1.807) is 16.3 Å². The molecule has 0 saturated heterocycles. The number of aromatic amines is 1. The fraction of sp³-hybridized carbons (Fsp3) is 0.222. The summed E-state index contributed by atoms with van der Waals surface area (Å²) in [7, 11) is 1.23. The van der Waals surface area contributed by atoms with Crippen molar-refractivity contribution in [2.24, 2.45) is 0 Å². The average Bonchev–Trinajstić information content (AvgIpc) is 3.05. The third-order valence-corrected chi connectivity index (χ3v) is 4.96.